The lowest BCUT2D eigenvalue weighted by Gasteiger charge is -2.51. The van der Waals surface area contributed by atoms with Crippen molar-refractivity contribution in [3.8, 4) is 0 Å². The van der Waals surface area contributed by atoms with Crippen LogP contribution < -0.4 is 25.6 Å². The first-order chi connectivity index (χ1) is 20.8. The lowest BCUT2D eigenvalue weighted by Crippen LogP contribution is -2.72. The second-order valence-corrected chi connectivity index (χ2v) is 11.8. The number of nitrogens with one attached hydrogen (secondary N) is 1. The zero-order chi connectivity index (χ0) is 31.9. The number of nitrogens with zero attached hydrogens (tertiary/aromatic N) is 5. The van der Waals surface area contributed by atoms with Crippen LogP contribution in [-0.4, -0.2) is 74.6 Å². The van der Waals surface area contributed by atoms with Crippen molar-refractivity contribution in [2.45, 2.75) is 50.8 Å². The predicted molar refractivity (Wildman–Crippen MR) is 152 cm³/mol. The van der Waals surface area contributed by atoms with Gasteiger partial charge in [0.2, 0.25) is 5.60 Å². The number of carbonyl (C=O) groups excluding carboxylic acids is 4. The van der Waals surface area contributed by atoms with Gasteiger partial charge >= 0.3 is 5.97 Å². The maximum Gasteiger partial charge on any atom is 0.350 e. The van der Waals surface area contributed by atoms with Crippen LogP contribution in [0.3, 0.4) is 0 Å². The van der Waals surface area contributed by atoms with Gasteiger partial charge in [0.1, 0.15) is 24.5 Å². The van der Waals surface area contributed by atoms with Crippen molar-refractivity contribution >= 4 is 57.5 Å². The van der Waals surface area contributed by atoms with E-state index in [9.17, 15) is 34.2 Å². The molecule has 0 aromatic carbocycles. The first-order valence-corrected chi connectivity index (χ1v) is 14.4. The van der Waals surface area contributed by atoms with Gasteiger partial charge in [0.25, 0.3) is 17.7 Å². The van der Waals surface area contributed by atoms with Gasteiger partial charge in [0.15, 0.2) is 23.2 Å². The lowest BCUT2D eigenvalue weighted by molar-refractivity contribution is -0.670. The van der Waals surface area contributed by atoms with Crippen molar-refractivity contribution in [3.05, 3.63) is 58.5 Å². The Kier molecular flexibility index (Phi) is 7.94. The van der Waals surface area contributed by atoms with E-state index >= 15 is 0 Å². The van der Waals surface area contributed by atoms with Gasteiger partial charge in [-0.05, 0) is 50.8 Å². The van der Waals surface area contributed by atoms with E-state index in [4.69, 9.17) is 10.6 Å². The molecule has 15 nitrogen and oxygen atoms in total. The highest BCUT2D eigenvalue weighted by Gasteiger charge is 2.52. The number of aryl methyl sites for hydroxylation is 1. The van der Waals surface area contributed by atoms with Gasteiger partial charge in [-0.15, -0.1) is 11.3 Å². The minimum Gasteiger partial charge on any atom is -0.543 e. The number of rotatable bonds is 9. The van der Waals surface area contributed by atoms with Gasteiger partial charge in [0.05, 0.1) is 17.7 Å². The van der Waals surface area contributed by atoms with E-state index in [0.717, 1.165) is 16.2 Å². The fraction of sp³-hybridized carbons (Fsp3) is 0.357. The minimum absolute atomic E-state index is 0.00206. The van der Waals surface area contributed by atoms with Gasteiger partial charge < -0.3 is 40.7 Å². The average Bonchev–Trinajstić information content (AvgIpc) is 3.56. The molecule has 0 bridgehead atoms. The maximum atomic E-state index is 13.3. The number of fused-ring (bicyclic) bond motifs is 1. The number of nitrogen functional groups attached to an aromatic ring is 1. The highest BCUT2D eigenvalue weighted by Crippen LogP contribution is 2.38. The van der Waals surface area contributed by atoms with Gasteiger partial charge in [-0.2, -0.15) is 0 Å². The summed E-state index contributed by atoms with van der Waals surface area (Å²) in [4.78, 5) is 75.2. The number of carboxylic acids is 2. The number of anilines is 2. The van der Waals surface area contributed by atoms with E-state index in [2.05, 4.69) is 15.5 Å². The van der Waals surface area contributed by atoms with Crippen LogP contribution in [-0.2, 0) is 35.9 Å². The lowest BCUT2D eigenvalue weighted by atomic mass is 9.82. The molecule has 4 N–H and O–H groups in total. The Balaban J connectivity index is 1.36. The number of allylic oxidation sites excluding steroid dienone is 2. The number of nitrogens with two attached hydrogens (primary N) is 1. The van der Waals surface area contributed by atoms with E-state index in [1.54, 1.807) is 4.90 Å². The molecule has 2 aromatic heterocycles. The summed E-state index contributed by atoms with van der Waals surface area (Å²) in [5.74, 6) is -4.77. The van der Waals surface area contributed by atoms with Crippen LogP contribution in [0.4, 0.5) is 10.8 Å². The average molecular weight is 624 g/mol. The summed E-state index contributed by atoms with van der Waals surface area (Å²) in [6, 6.07) is 1.81. The van der Waals surface area contributed by atoms with Crippen LogP contribution in [0.1, 0.15) is 38.8 Å². The van der Waals surface area contributed by atoms with Crippen molar-refractivity contribution in [1.29, 1.82) is 0 Å². The van der Waals surface area contributed by atoms with E-state index in [1.165, 1.54) is 25.3 Å². The van der Waals surface area contributed by atoms with E-state index in [0.29, 0.717) is 24.2 Å². The molecule has 2 aromatic rings. The third-order valence-corrected chi connectivity index (χ3v) is 8.20. The molecule has 5 heterocycles. The molecule has 44 heavy (non-hydrogen) atoms. The summed E-state index contributed by atoms with van der Waals surface area (Å²) in [5, 5.41) is 29.4. The van der Waals surface area contributed by atoms with Gasteiger partial charge in [0, 0.05) is 23.6 Å². The number of carboxylic acid groups (broad SMARTS) is 2. The van der Waals surface area contributed by atoms with E-state index < -0.39 is 47.1 Å². The van der Waals surface area contributed by atoms with Crippen LogP contribution in [0.2, 0.25) is 0 Å². The molecular formula is C28H29N7O8S. The number of aromatic nitrogens is 2. The Bertz CT molecular complexity index is 1680. The summed E-state index contributed by atoms with van der Waals surface area (Å²) < 4.78 is 1.82. The van der Waals surface area contributed by atoms with Crippen molar-refractivity contribution in [1.82, 2.24) is 15.2 Å². The fourth-order valence-electron chi connectivity index (χ4n) is 5.17. The number of thiazole rings is 1. The third kappa shape index (κ3) is 5.62. The number of aliphatic carboxylic acids is 2. The molecule has 2 atom stereocenters. The number of oxime groups is 1. The molecule has 3 aliphatic heterocycles. The quantitative estimate of drug-likeness (QED) is 0.102. The second-order valence-electron chi connectivity index (χ2n) is 10.9. The van der Waals surface area contributed by atoms with Crippen molar-refractivity contribution in [3.63, 3.8) is 0 Å². The van der Waals surface area contributed by atoms with Crippen LogP contribution in [0.25, 0.3) is 0 Å². The van der Waals surface area contributed by atoms with Crippen molar-refractivity contribution in [2.75, 3.05) is 17.2 Å². The SMILES string of the molecule is C[n+]1cccc(N2CCC(=CC3=C(C(=O)[O-])N4C(=O)[C@@H](NC(=O)/C(=N\OC(C)(C)C(=O)O)c5csc(N)n5)[C@H]4CC3)C2=O)c1. The predicted octanol–water partition coefficient (Wildman–Crippen LogP) is -1.01. The zero-order valence-corrected chi connectivity index (χ0v) is 24.8. The fourth-order valence-corrected chi connectivity index (χ4v) is 5.71. The highest BCUT2D eigenvalue weighted by molar-refractivity contribution is 7.13. The highest BCUT2D eigenvalue weighted by atomic mass is 32.1. The standard InChI is InChI=1S/C28H29N7O8S/c1-28(2,26(41)42)43-32-19(17-13-44-27(29)30-17)22(36)31-20-18-7-6-14(21(25(39)40)35(18)24(20)38)11-15-8-10-34(23(15)37)16-5-4-9-33(3)12-16/h4-5,9,11-13,18,20H,6-8,10H2,1-3H3,(H4-,29,30,31,36,39,40,41,42)/b15-11?,32-19-/t18-,20+/m1/s1. The Morgan fingerprint density at radius 1 is 1.32 bits per heavy atom. The monoisotopic (exact) mass is 623 g/mol. The molecule has 3 aliphatic rings. The van der Waals surface area contributed by atoms with Crippen molar-refractivity contribution < 1.29 is 43.6 Å². The summed E-state index contributed by atoms with van der Waals surface area (Å²) in [6.45, 7) is 2.89. The topological polar surface area (TPSA) is 212 Å². The first kappa shape index (κ1) is 30.3. The molecule has 0 unspecified atom stereocenters. The molecule has 3 amide bonds. The smallest absolute Gasteiger partial charge is 0.350 e. The molecule has 2 fully saturated rings. The maximum absolute atomic E-state index is 13.3. The Morgan fingerprint density at radius 2 is 2.07 bits per heavy atom. The molecule has 0 spiro atoms. The molecule has 2 saturated heterocycles. The second kappa shape index (κ2) is 11.5. The molecule has 0 aliphatic carbocycles. The number of carbonyl (C=O) groups is 5. The van der Waals surface area contributed by atoms with Crippen LogP contribution in [0.15, 0.2) is 58.0 Å². The molecular weight excluding hydrogens is 594 g/mol. The van der Waals surface area contributed by atoms with Crippen LogP contribution in [0, 0.1) is 0 Å². The molecule has 16 heteroatoms. The number of pyridine rings is 1. The third-order valence-electron chi connectivity index (χ3n) is 7.52. The minimum atomic E-state index is -1.78. The number of hydrogen-bond acceptors (Lipinski definition) is 11. The molecule has 230 valence electrons. The zero-order valence-electron chi connectivity index (χ0n) is 24.0. The molecule has 0 radical (unpaired) electrons. The molecule has 5 rings (SSSR count). The van der Waals surface area contributed by atoms with E-state index in [1.807, 2.05) is 36.1 Å². The normalized spacial score (nSPS) is 21.3. The summed E-state index contributed by atoms with van der Waals surface area (Å²) >= 11 is 1.01. The largest absolute Gasteiger partial charge is 0.543 e. The van der Waals surface area contributed by atoms with Gasteiger partial charge in [-0.3, -0.25) is 14.4 Å². The number of amides is 3. The number of hydrogen-bond donors (Lipinski definition) is 3. The summed E-state index contributed by atoms with van der Waals surface area (Å²) in [5.41, 5.74) is 4.55. The Morgan fingerprint density at radius 3 is 2.70 bits per heavy atom. The summed E-state index contributed by atoms with van der Waals surface area (Å²) in [6.07, 6.45) is 6.06. The molecule has 0 saturated carbocycles. The van der Waals surface area contributed by atoms with Crippen LogP contribution >= 0.6 is 11.3 Å². The summed E-state index contributed by atoms with van der Waals surface area (Å²) in [7, 11) is 1.84. The first-order valence-electron chi connectivity index (χ1n) is 13.6. The van der Waals surface area contributed by atoms with Crippen LogP contribution in [0.5, 0.6) is 0 Å². The Hall–Kier alpha value is -5.12. The van der Waals surface area contributed by atoms with Gasteiger partial charge in [-0.1, -0.05) is 5.16 Å². The Labute approximate surface area is 254 Å². The van der Waals surface area contributed by atoms with Crippen molar-refractivity contribution in [2.24, 2.45) is 12.2 Å². The van der Waals surface area contributed by atoms with E-state index in [-0.39, 0.29) is 40.8 Å². The number of β-lactam (4-membered cyclic amide) rings is 1. The van der Waals surface area contributed by atoms with Gasteiger partial charge in [-0.25, -0.2) is 14.3 Å².